The van der Waals surface area contributed by atoms with Gasteiger partial charge in [0, 0.05) is 17.9 Å². The first-order valence-corrected chi connectivity index (χ1v) is 8.21. The fraction of sp³-hybridized carbons (Fsp3) is 0.350. The van der Waals surface area contributed by atoms with Gasteiger partial charge in [-0.15, -0.1) is 0 Å². The molecule has 1 amide bonds. The first-order chi connectivity index (χ1) is 11.5. The largest absolute Gasteiger partial charge is 0.491 e. The number of hydrogen-bond acceptors (Lipinski definition) is 3. The van der Waals surface area contributed by atoms with Crippen LogP contribution in [0.15, 0.2) is 36.4 Å². The second-order valence-electron chi connectivity index (χ2n) is 5.80. The predicted molar refractivity (Wildman–Crippen MR) is 97.0 cm³/mol. The summed E-state index contributed by atoms with van der Waals surface area (Å²) in [6.45, 7) is 9.67. The standard InChI is InChI=1S/C20H25NO3/c1-5-23-9-10-24-18-8-6-7-17(13-18)20(22)21-19-15(3)11-14(2)12-16(19)4/h6-8,11-13H,5,9-10H2,1-4H3,(H,21,22). The third kappa shape index (κ3) is 4.83. The molecule has 2 aromatic carbocycles. The molecular weight excluding hydrogens is 302 g/mol. The van der Waals surface area contributed by atoms with Crippen molar-refractivity contribution in [2.45, 2.75) is 27.7 Å². The number of hydrogen-bond donors (Lipinski definition) is 1. The van der Waals surface area contributed by atoms with Gasteiger partial charge in [0.05, 0.1) is 6.61 Å². The van der Waals surface area contributed by atoms with E-state index in [9.17, 15) is 4.79 Å². The molecule has 0 fully saturated rings. The number of carbonyl (C=O) groups excluding carboxylic acids is 1. The van der Waals surface area contributed by atoms with Gasteiger partial charge in [-0.25, -0.2) is 0 Å². The van der Waals surface area contributed by atoms with Gasteiger partial charge in [-0.3, -0.25) is 4.79 Å². The number of carbonyl (C=O) groups is 1. The second kappa shape index (κ2) is 8.50. The minimum absolute atomic E-state index is 0.139. The van der Waals surface area contributed by atoms with Crippen molar-refractivity contribution in [3.05, 3.63) is 58.7 Å². The Morgan fingerprint density at radius 3 is 2.42 bits per heavy atom. The Labute approximate surface area is 143 Å². The van der Waals surface area contributed by atoms with E-state index < -0.39 is 0 Å². The van der Waals surface area contributed by atoms with Gasteiger partial charge in [0.25, 0.3) is 5.91 Å². The van der Waals surface area contributed by atoms with Crippen molar-refractivity contribution in [1.29, 1.82) is 0 Å². The smallest absolute Gasteiger partial charge is 0.255 e. The maximum absolute atomic E-state index is 12.5. The summed E-state index contributed by atoms with van der Waals surface area (Å²) >= 11 is 0. The lowest BCUT2D eigenvalue weighted by molar-refractivity contribution is 0.102. The van der Waals surface area contributed by atoms with Crippen LogP contribution in [-0.4, -0.2) is 25.7 Å². The molecule has 4 heteroatoms. The van der Waals surface area contributed by atoms with Crippen molar-refractivity contribution in [2.24, 2.45) is 0 Å². The summed E-state index contributed by atoms with van der Waals surface area (Å²) in [6, 6.07) is 11.3. The molecule has 24 heavy (non-hydrogen) atoms. The normalized spacial score (nSPS) is 10.5. The van der Waals surface area contributed by atoms with Crippen molar-refractivity contribution >= 4 is 11.6 Å². The van der Waals surface area contributed by atoms with E-state index in [0.29, 0.717) is 31.1 Å². The molecule has 0 saturated carbocycles. The van der Waals surface area contributed by atoms with Gasteiger partial charge in [0.2, 0.25) is 0 Å². The Kier molecular flexibility index (Phi) is 6.38. The lowest BCUT2D eigenvalue weighted by Crippen LogP contribution is -2.14. The van der Waals surface area contributed by atoms with Crippen LogP contribution in [0.2, 0.25) is 0 Å². The number of nitrogens with one attached hydrogen (secondary N) is 1. The number of ether oxygens (including phenoxy) is 2. The number of rotatable bonds is 7. The van der Waals surface area contributed by atoms with E-state index in [2.05, 4.69) is 24.4 Å². The molecule has 0 atom stereocenters. The third-order valence-electron chi connectivity index (χ3n) is 3.71. The third-order valence-corrected chi connectivity index (χ3v) is 3.71. The van der Waals surface area contributed by atoms with Crippen LogP contribution in [0, 0.1) is 20.8 Å². The van der Waals surface area contributed by atoms with Crippen molar-refractivity contribution in [2.75, 3.05) is 25.1 Å². The molecule has 0 unspecified atom stereocenters. The summed E-state index contributed by atoms with van der Waals surface area (Å²) in [5, 5.41) is 3.01. The number of amides is 1. The fourth-order valence-electron chi connectivity index (χ4n) is 2.65. The predicted octanol–water partition coefficient (Wildman–Crippen LogP) is 4.28. The van der Waals surface area contributed by atoms with Crippen LogP contribution < -0.4 is 10.1 Å². The van der Waals surface area contributed by atoms with Crippen molar-refractivity contribution < 1.29 is 14.3 Å². The van der Waals surface area contributed by atoms with Gasteiger partial charge >= 0.3 is 0 Å². The summed E-state index contributed by atoms with van der Waals surface area (Å²) < 4.78 is 10.9. The van der Waals surface area contributed by atoms with Gasteiger partial charge in [-0.2, -0.15) is 0 Å². The van der Waals surface area contributed by atoms with E-state index in [0.717, 1.165) is 16.8 Å². The molecule has 0 saturated heterocycles. The van der Waals surface area contributed by atoms with E-state index in [-0.39, 0.29) is 5.91 Å². The highest BCUT2D eigenvalue weighted by Gasteiger charge is 2.11. The molecule has 0 radical (unpaired) electrons. The Balaban J connectivity index is 2.07. The van der Waals surface area contributed by atoms with Gasteiger partial charge in [0.15, 0.2) is 0 Å². The average molecular weight is 327 g/mol. The highest BCUT2D eigenvalue weighted by atomic mass is 16.5. The summed E-state index contributed by atoms with van der Waals surface area (Å²) in [5.41, 5.74) is 4.75. The van der Waals surface area contributed by atoms with Crippen LogP contribution >= 0.6 is 0 Å². The number of anilines is 1. The Hall–Kier alpha value is -2.33. The zero-order valence-electron chi connectivity index (χ0n) is 14.8. The minimum atomic E-state index is -0.139. The van der Waals surface area contributed by atoms with Crippen LogP contribution in [0.4, 0.5) is 5.69 Å². The first-order valence-electron chi connectivity index (χ1n) is 8.21. The maximum Gasteiger partial charge on any atom is 0.255 e. The molecule has 0 spiro atoms. The summed E-state index contributed by atoms with van der Waals surface area (Å²) in [4.78, 5) is 12.5. The van der Waals surface area contributed by atoms with Crippen molar-refractivity contribution in [1.82, 2.24) is 0 Å². The van der Waals surface area contributed by atoms with Crippen LogP contribution in [0.3, 0.4) is 0 Å². The van der Waals surface area contributed by atoms with E-state index in [1.807, 2.05) is 32.9 Å². The highest BCUT2D eigenvalue weighted by molar-refractivity contribution is 6.05. The molecule has 2 aromatic rings. The fourth-order valence-corrected chi connectivity index (χ4v) is 2.65. The molecule has 0 aliphatic rings. The zero-order chi connectivity index (χ0) is 17.5. The Morgan fingerprint density at radius 1 is 1.04 bits per heavy atom. The lowest BCUT2D eigenvalue weighted by atomic mass is 10.0. The summed E-state index contributed by atoms with van der Waals surface area (Å²) in [6.07, 6.45) is 0. The molecular formula is C20H25NO3. The van der Waals surface area contributed by atoms with Crippen LogP contribution in [0.1, 0.15) is 34.0 Å². The van der Waals surface area contributed by atoms with Crippen molar-refractivity contribution in [3.8, 4) is 5.75 Å². The Bertz CT molecular complexity index is 687. The van der Waals surface area contributed by atoms with Crippen LogP contribution in [0.5, 0.6) is 5.75 Å². The molecule has 0 aliphatic heterocycles. The molecule has 0 bridgehead atoms. The van der Waals surface area contributed by atoms with Gasteiger partial charge < -0.3 is 14.8 Å². The number of benzene rings is 2. The summed E-state index contributed by atoms with van der Waals surface area (Å²) in [7, 11) is 0. The minimum Gasteiger partial charge on any atom is -0.491 e. The lowest BCUT2D eigenvalue weighted by Gasteiger charge is -2.13. The second-order valence-corrected chi connectivity index (χ2v) is 5.80. The number of aryl methyl sites for hydroxylation is 3. The van der Waals surface area contributed by atoms with Crippen LogP contribution in [0.25, 0.3) is 0 Å². The molecule has 0 aromatic heterocycles. The first kappa shape index (κ1) is 18.0. The molecule has 4 nitrogen and oxygen atoms in total. The maximum atomic E-state index is 12.5. The highest BCUT2D eigenvalue weighted by Crippen LogP contribution is 2.23. The van der Waals surface area contributed by atoms with Gasteiger partial charge in [-0.05, 0) is 57.0 Å². The van der Waals surface area contributed by atoms with E-state index in [1.54, 1.807) is 12.1 Å². The summed E-state index contributed by atoms with van der Waals surface area (Å²) in [5.74, 6) is 0.528. The Morgan fingerprint density at radius 2 is 1.75 bits per heavy atom. The average Bonchev–Trinajstić information content (AvgIpc) is 2.55. The molecule has 0 aliphatic carbocycles. The molecule has 0 heterocycles. The monoisotopic (exact) mass is 327 g/mol. The van der Waals surface area contributed by atoms with Crippen molar-refractivity contribution in [3.63, 3.8) is 0 Å². The van der Waals surface area contributed by atoms with Crippen LogP contribution in [-0.2, 0) is 4.74 Å². The van der Waals surface area contributed by atoms with E-state index in [4.69, 9.17) is 9.47 Å². The topological polar surface area (TPSA) is 47.6 Å². The van der Waals surface area contributed by atoms with Gasteiger partial charge in [-0.1, -0.05) is 23.8 Å². The molecule has 2 rings (SSSR count). The quantitative estimate of drug-likeness (QED) is 0.772. The van der Waals surface area contributed by atoms with E-state index in [1.165, 1.54) is 5.56 Å². The molecule has 128 valence electrons. The SMILES string of the molecule is CCOCCOc1cccc(C(=O)Nc2c(C)cc(C)cc2C)c1. The zero-order valence-corrected chi connectivity index (χ0v) is 14.8. The molecule has 1 N–H and O–H groups in total. The van der Waals surface area contributed by atoms with Gasteiger partial charge in [0.1, 0.15) is 12.4 Å². The van der Waals surface area contributed by atoms with E-state index >= 15 is 0 Å².